The van der Waals surface area contributed by atoms with E-state index in [1.54, 1.807) is 18.9 Å². The molecule has 0 spiro atoms. The Hall–Kier alpha value is -2.62. The minimum Gasteiger partial charge on any atom is -0.357 e. The molecule has 2 aromatic carbocycles. The minimum atomic E-state index is -0.527. The van der Waals surface area contributed by atoms with Gasteiger partial charge in [-0.3, -0.25) is 9.59 Å². The Balaban J connectivity index is 2.27. The average Bonchev–Trinajstić information content (AvgIpc) is 2.61. The van der Waals surface area contributed by atoms with Crippen LogP contribution in [0.25, 0.3) is 0 Å². The number of nitrogens with zero attached hydrogens (tertiary/aromatic N) is 1. The second-order valence-corrected chi connectivity index (χ2v) is 6.34. The van der Waals surface area contributed by atoms with Gasteiger partial charge in [0, 0.05) is 13.6 Å². The van der Waals surface area contributed by atoms with Gasteiger partial charge in [-0.15, -0.1) is 0 Å². The molecule has 0 aliphatic rings. The molecule has 0 aromatic heterocycles. The summed E-state index contributed by atoms with van der Waals surface area (Å²) in [6.07, 6.45) is 0.292. The summed E-state index contributed by atoms with van der Waals surface area (Å²) in [6.45, 7) is 6.21. The lowest BCUT2D eigenvalue weighted by Gasteiger charge is -2.29. The first-order valence-electron chi connectivity index (χ1n) is 8.54. The molecule has 4 heteroatoms. The third-order valence-corrected chi connectivity index (χ3v) is 4.62. The number of likely N-dealkylation sites (N-methyl/N-ethyl adjacent to an activating group) is 1. The molecule has 0 fully saturated rings. The first-order valence-corrected chi connectivity index (χ1v) is 8.54. The van der Waals surface area contributed by atoms with E-state index in [1.165, 1.54) is 0 Å². The quantitative estimate of drug-likeness (QED) is 0.880. The van der Waals surface area contributed by atoms with E-state index in [4.69, 9.17) is 0 Å². The van der Waals surface area contributed by atoms with Crippen molar-refractivity contribution in [2.24, 2.45) is 0 Å². The molecule has 0 saturated carbocycles. The Labute approximate surface area is 149 Å². The van der Waals surface area contributed by atoms with Gasteiger partial charge in [0.05, 0.1) is 6.42 Å². The van der Waals surface area contributed by atoms with Crippen LogP contribution in [0.15, 0.2) is 48.5 Å². The summed E-state index contributed by atoms with van der Waals surface area (Å²) in [5.74, 6) is -0.208. The van der Waals surface area contributed by atoms with Gasteiger partial charge in [-0.2, -0.15) is 0 Å². The Kier molecular flexibility index (Phi) is 6.34. The van der Waals surface area contributed by atoms with E-state index in [1.807, 2.05) is 62.4 Å². The van der Waals surface area contributed by atoms with E-state index < -0.39 is 6.04 Å². The van der Waals surface area contributed by atoms with E-state index in [9.17, 15) is 9.59 Å². The van der Waals surface area contributed by atoms with E-state index in [2.05, 4.69) is 5.32 Å². The summed E-state index contributed by atoms with van der Waals surface area (Å²) in [4.78, 5) is 26.8. The number of hydrogen-bond acceptors (Lipinski definition) is 2. The number of nitrogens with one attached hydrogen (secondary N) is 1. The van der Waals surface area contributed by atoms with Crippen LogP contribution in [-0.2, 0) is 22.6 Å². The van der Waals surface area contributed by atoms with Crippen LogP contribution in [0.2, 0.25) is 0 Å². The van der Waals surface area contributed by atoms with Crippen molar-refractivity contribution in [3.8, 4) is 0 Å². The largest absolute Gasteiger partial charge is 0.357 e. The number of hydrogen-bond donors (Lipinski definition) is 1. The van der Waals surface area contributed by atoms with Crippen LogP contribution in [0.4, 0.5) is 0 Å². The molecule has 0 heterocycles. The van der Waals surface area contributed by atoms with Gasteiger partial charge in [-0.25, -0.2) is 0 Å². The number of aryl methyl sites for hydroxylation is 2. The van der Waals surface area contributed by atoms with Gasteiger partial charge < -0.3 is 10.2 Å². The smallest absolute Gasteiger partial charge is 0.242 e. The fraction of sp³-hybridized carbons (Fsp3) is 0.333. The lowest BCUT2D eigenvalue weighted by molar-refractivity contribution is -0.139. The van der Waals surface area contributed by atoms with Crippen LogP contribution < -0.4 is 5.32 Å². The summed E-state index contributed by atoms with van der Waals surface area (Å²) in [5.41, 5.74) is 4.24. The summed E-state index contributed by atoms with van der Waals surface area (Å²) < 4.78 is 0. The molecule has 4 nitrogen and oxygen atoms in total. The van der Waals surface area contributed by atoms with Crippen molar-refractivity contribution in [2.75, 3.05) is 7.05 Å². The summed E-state index contributed by atoms with van der Waals surface area (Å²) in [6, 6.07) is 15.3. The molecule has 1 N–H and O–H groups in total. The molecule has 132 valence electrons. The molecule has 2 aromatic rings. The molecular weight excluding hydrogens is 312 g/mol. The molecule has 0 aliphatic carbocycles. The van der Waals surface area contributed by atoms with E-state index in [0.717, 1.165) is 22.3 Å². The van der Waals surface area contributed by atoms with Crippen molar-refractivity contribution >= 4 is 11.8 Å². The molecular formula is C21H26N2O2. The lowest BCUT2D eigenvalue weighted by atomic mass is 10.0. The van der Waals surface area contributed by atoms with Crippen molar-refractivity contribution < 1.29 is 9.59 Å². The molecule has 2 rings (SSSR count). The topological polar surface area (TPSA) is 49.4 Å². The molecule has 0 bridgehead atoms. The van der Waals surface area contributed by atoms with Crippen molar-refractivity contribution in [3.63, 3.8) is 0 Å². The lowest BCUT2D eigenvalue weighted by Crippen LogP contribution is -2.47. The zero-order valence-electron chi connectivity index (χ0n) is 15.4. The Bertz CT molecular complexity index is 755. The molecule has 25 heavy (non-hydrogen) atoms. The first-order chi connectivity index (χ1) is 11.9. The van der Waals surface area contributed by atoms with Crippen LogP contribution in [-0.4, -0.2) is 29.8 Å². The zero-order valence-corrected chi connectivity index (χ0v) is 15.4. The van der Waals surface area contributed by atoms with Gasteiger partial charge >= 0.3 is 0 Å². The van der Waals surface area contributed by atoms with Gasteiger partial charge in [0.25, 0.3) is 0 Å². The summed E-state index contributed by atoms with van der Waals surface area (Å²) in [5, 5.41) is 2.64. The van der Waals surface area contributed by atoms with Crippen LogP contribution in [0.5, 0.6) is 0 Å². The first kappa shape index (κ1) is 18.7. The maximum atomic E-state index is 13.0. The highest BCUT2D eigenvalue weighted by Gasteiger charge is 2.26. The second-order valence-electron chi connectivity index (χ2n) is 6.34. The van der Waals surface area contributed by atoms with Gasteiger partial charge in [0.1, 0.15) is 6.04 Å². The number of benzene rings is 2. The van der Waals surface area contributed by atoms with Gasteiger partial charge in [-0.05, 0) is 43.0 Å². The fourth-order valence-corrected chi connectivity index (χ4v) is 2.84. The van der Waals surface area contributed by atoms with Crippen LogP contribution in [0.1, 0.15) is 29.2 Å². The minimum absolute atomic E-state index is 0.0475. The predicted molar refractivity (Wildman–Crippen MR) is 100 cm³/mol. The second kappa shape index (κ2) is 8.47. The summed E-state index contributed by atoms with van der Waals surface area (Å²) >= 11 is 0. The maximum absolute atomic E-state index is 13.0. The normalized spacial score (nSPS) is 11.7. The Morgan fingerprint density at radius 3 is 2.00 bits per heavy atom. The molecule has 0 radical (unpaired) electrons. The Morgan fingerprint density at radius 1 is 0.960 bits per heavy atom. The van der Waals surface area contributed by atoms with Gasteiger partial charge in [-0.1, -0.05) is 48.5 Å². The molecule has 0 saturated heterocycles. The van der Waals surface area contributed by atoms with Crippen molar-refractivity contribution in [3.05, 3.63) is 70.8 Å². The van der Waals surface area contributed by atoms with E-state index in [-0.39, 0.29) is 11.8 Å². The fourth-order valence-electron chi connectivity index (χ4n) is 2.84. The number of carbonyl (C=O) groups is 2. The van der Waals surface area contributed by atoms with E-state index >= 15 is 0 Å². The SMILES string of the molecule is CNC(=O)C(C)N(Cc1ccccc1C)C(=O)Cc1ccccc1C. The van der Waals surface area contributed by atoms with Crippen LogP contribution in [0.3, 0.4) is 0 Å². The third-order valence-electron chi connectivity index (χ3n) is 4.62. The number of carbonyl (C=O) groups excluding carboxylic acids is 2. The highest BCUT2D eigenvalue weighted by atomic mass is 16.2. The average molecular weight is 338 g/mol. The third kappa shape index (κ3) is 4.69. The van der Waals surface area contributed by atoms with Crippen molar-refractivity contribution in [2.45, 2.75) is 39.8 Å². The summed E-state index contributed by atoms with van der Waals surface area (Å²) in [7, 11) is 1.59. The molecule has 0 aliphatic heterocycles. The van der Waals surface area contributed by atoms with Crippen LogP contribution in [0, 0.1) is 13.8 Å². The standard InChI is InChI=1S/C21H26N2O2/c1-15-9-5-7-11-18(15)13-20(24)23(17(3)21(25)22-4)14-19-12-8-6-10-16(19)2/h5-12,17H,13-14H2,1-4H3,(H,22,25). The molecule has 1 atom stereocenters. The maximum Gasteiger partial charge on any atom is 0.242 e. The van der Waals surface area contributed by atoms with Gasteiger partial charge in [0.2, 0.25) is 11.8 Å². The van der Waals surface area contributed by atoms with Crippen molar-refractivity contribution in [1.82, 2.24) is 10.2 Å². The number of rotatable bonds is 6. The molecule has 2 amide bonds. The van der Waals surface area contributed by atoms with Crippen molar-refractivity contribution in [1.29, 1.82) is 0 Å². The van der Waals surface area contributed by atoms with Gasteiger partial charge in [0.15, 0.2) is 0 Å². The Morgan fingerprint density at radius 2 is 1.48 bits per heavy atom. The monoisotopic (exact) mass is 338 g/mol. The highest BCUT2D eigenvalue weighted by molar-refractivity contribution is 5.88. The molecule has 1 unspecified atom stereocenters. The zero-order chi connectivity index (χ0) is 18.4. The van der Waals surface area contributed by atoms with Crippen LogP contribution >= 0.6 is 0 Å². The number of amides is 2. The van der Waals surface area contributed by atoms with E-state index in [0.29, 0.717) is 13.0 Å². The highest BCUT2D eigenvalue weighted by Crippen LogP contribution is 2.16. The predicted octanol–water partition coefficient (Wildman–Crippen LogP) is 3.01.